The van der Waals surface area contributed by atoms with Gasteiger partial charge in [-0.05, 0) is 42.0 Å². The van der Waals surface area contributed by atoms with Crippen molar-refractivity contribution in [1.82, 2.24) is 30.1 Å². The molecule has 4 aromatic rings. The summed E-state index contributed by atoms with van der Waals surface area (Å²) in [5.41, 5.74) is -1.01. The van der Waals surface area contributed by atoms with Crippen molar-refractivity contribution < 1.29 is 22.4 Å². The van der Waals surface area contributed by atoms with E-state index in [1.54, 1.807) is 47.4 Å². The summed E-state index contributed by atoms with van der Waals surface area (Å²) >= 11 is 0. The first-order valence-corrected chi connectivity index (χ1v) is 8.99. The van der Waals surface area contributed by atoms with Crippen LogP contribution in [0.1, 0.15) is 21.7 Å². The molecule has 31 heavy (non-hydrogen) atoms. The van der Waals surface area contributed by atoms with Crippen LogP contribution in [-0.2, 0) is 12.7 Å². The zero-order chi connectivity index (χ0) is 22.0. The molecule has 4 rings (SSSR count). The molecule has 11 heteroatoms. The van der Waals surface area contributed by atoms with Crippen molar-refractivity contribution in [2.75, 3.05) is 0 Å². The molecule has 2 heterocycles. The molecule has 0 radical (unpaired) electrons. The average molecular weight is 430 g/mol. The third-order valence-electron chi connectivity index (χ3n) is 4.41. The molecule has 2 aromatic carbocycles. The van der Waals surface area contributed by atoms with E-state index in [1.165, 1.54) is 0 Å². The van der Waals surface area contributed by atoms with Gasteiger partial charge >= 0.3 is 6.18 Å². The summed E-state index contributed by atoms with van der Waals surface area (Å²) in [6, 6.07) is 12.9. The molecule has 158 valence electrons. The van der Waals surface area contributed by atoms with E-state index < -0.39 is 29.3 Å². The van der Waals surface area contributed by atoms with Crippen LogP contribution in [0.15, 0.2) is 67.0 Å². The van der Waals surface area contributed by atoms with E-state index in [4.69, 9.17) is 0 Å². The highest BCUT2D eigenvalue weighted by atomic mass is 19.4. The lowest BCUT2D eigenvalue weighted by molar-refractivity contribution is -0.143. The predicted octanol–water partition coefficient (Wildman–Crippen LogP) is 3.54. The Hall–Kier alpha value is -4.02. The normalized spacial score (nSPS) is 11.5. The second kappa shape index (κ2) is 8.01. The SMILES string of the molecule is O=C(NCc1ccccc1-n1cccn1)c1nnn(-c2ccc(F)cc2)c1C(F)(F)F. The van der Waals surface area contributed by atoms with Crippen molar-refractivity contribution in [1.29, 1.82) is 0 Å². The molecule has 7 nitrogen and oxygen atoms in total. The molecule has 1 amide bonds. The predicted molar refractivity (Wildman–Crippen MR) is 101 cm³/mol. The number of hydrogen-bond acceptors (Lipinski definition) is 4. The van der Waals surface area contributed by atoms with Gasteiger partial charge in [0.15, 0.2) is 11.4 Å². The Bertz CT molecular complexity index is 1200. The van der Waals surface area contributed by atoms with E-state index in [1.807, 2.05) is 0 Å². The number of alkyl halides is 3. The zero-order valence-corrected chi connectivity index (χ0v) is 15.7. The molecule has 0 bridgehead atoms. The smallest absolute Gasteiger partial charge is 0.346 e. The second-order valence-electron chi connectivity index (χ2n) is 6.43. The summed E-state index contributed by atoms with van der Waals surface area (Å²) in [5, 5.41) is 13.5. The number of halogens is 4. The van der Waals surface area contributed by atoms with Crippen molar-refractivity contribution >= 4 is 5.91 Å². The molecule has 0 fully saturated rings. The summed E-state index contributed by atoms with van der Waals surface area (Å²) < 4.78 is 56.3. The molecular formula is C20H14F4N6O. The van der Waals surface area contributed by atoms with Gasteiger partial charge in [-0.1, -0.05) is 23.4 Å². The van der Waals surface area contributed by atoms with Crippen molar-refractivity contribution in [2.24, 2.45) is 0 Å². The summed E-state index contributed by atoms with van der Waals surface area (Å²) in [6.07, 6.45) is -1.63. The Morgan fingerprint density at radius 1 is 1.03 bits per heavy atom. The summed E-state index contributed by atoms with van der Waals surface area (Å²) in [7, 11) is 0. The first-order chi connectivity index (χ1) is 14.8. The van der Waals surface area contributed by atoms with Crippen molar-refractivity contribution in [3.8, 4) is 11.4 Å². The van der Waals surface area contributed by atoms with E-state index in [0.717, 1.165) is 24.3 Å². The number of hydrogen-bond donors (Lipinski definition) is 1. The number of carbonyl (C=O) groups is 1. The van der Waals surface area contributed by atoms with Crippen molar-refractivity contribution in [3.05, 3.63) is 89.8 Å². The maximum absolute atomic E-state index is 13.7. The lowest BCUT2D eigenvalue weighted by Gasteiger charge is -2.12. The van der Waals surface area contributed by atoms with Gasteiger partial charge in [0.2, 0.25) is 0 Å². The van der Waals surface area contributed by atoms with Crippen LogP contribution in [0.2, 0.25) is 0 Å². The molecule has 0 aliphatic heterocycles. The number of nitrogens with zero attached hydrogens (tertiary/aromatic N) is 5. The lowest BCUT2D eigenvalue weighted by Crippen LogP contribution is -2.27. The Kier molecular flexibility index (Phi) is 5.24. The maximum Gasteiger partial charge on any atom is 0.435 e. The summed E-state index contributed by atoms with van der Waals surface area (Å²) in [4.78, 5) is 12.6. The summed E-state index contributed by atoms with van der Waals surface area (Å²) in [6.45, 7) is -0.0599. The average Bonchev–Trinajstić information content (AvgIpc) is 3.43. The Morgan fingerprint density at radius 2 is 1.77 bits per heavy atom. The van der Waals surface area contributed by atoms with Gasteiger partial charge in [0.25, 0.3) is 5.91 Å². The molecule has 0 atom stereocenters. The number of carbonyl (C=O) groups excluding carboxylic acids is 1. The minimum atomic E-state index is -4.92. The van der Waals surface area contributed by atoms with Crippen LogP contribution >= 0.6 is 0 Å². The van der Waals surface area contributed by atoms with Crippen LogP contribution in [-0.4, -0.2) is 30.7 Å². The number of para-hydroxylation sites is 1. The van der Waals surface area contributed by atoms with Gasteiger partial charge in [0, 0.05) is 18.9 Å². The van der Waals surface area contributed by atoms with Crippen LogP contribution in [0, 0.1) is 5.82 Å². The third kappa shape index (κ3) is 4.15. The molecule has 0 saturated heterocycles. The molecule has 1 N–H and O–H groups in total. The highest BCUT2D eigenvalue weighted by Crippen LogP contribution is 2.32. The van der Waals surface area contributed by atoms with E-state index in [9.17, 15) is 22.4 Å². The first-order valence-electron chi connectivity index (χ1n) is 8.99. The Balaban J connectivity index is 1.62. The van der Waals surface area contributed by atoms with Gasteiger partial charge in [0.1, 0.15) is 5.82 Å². The molecular weight excluding hydrogens is 416 g/mol. The number of benzene rings is 2. The number of rotatable bonds is 5. The standard InChI is InChI=1S/C20H14F4N6O/c21-14-6-8-15(9-7-14)30-18(20(22,23)24)17(27-28-30)19(31)25-12-13-4-1-2-5-16(13)29-11-3-10-26-29/h1-11H,12H2,(H,25,31). The number of aromatic nitrogens is 5. The number of nitrogens with one attached hydrogen (secondary N) is 1. The topological polar surface area (TPSA) is 77.6 Å². The fourth-order valence-electron chi connectivity index (χ4n) is 3.01. The zero-order valence-electron chi connectivity index (χ0n) is 15.7. The molecule has 2 aromatic heterocycles. The summed E-state index contributed by atoms with van der Waals surface area (Å²) in [5.74, 6) is -1.66. The Morgan fingerprint density at radius 3 is 2.45 bits per heavy atom. The molecule has 0 spiro atoms. The van der Waals surface area contributed by atoms with Crippen LogP contribution in [0.4, 0.5) is 17.6 Å². The van der Waals surface area contributed by atoms with E-state index in [-0.39, 0.29) is 12.2 Å². The van der Waals surface area contributed by atoms with Gasteiger partial charge in [-0.3, -0.25) is 4.79 Å². The second-order valence-corrected chi connectivity index (χ2v) is 6.43. The van der Waals surface area contributed by atoms with Crippen molar-refractivity contribution in [3.63, 3.8) is 0 Å². The van der Waals surface area contributed by atoms with Gasteiger partial charge < -0.3 is 5.32 Å². The highest BCUT2D eigenvalue weighted by molar-refractivity contribution is 5.93. The largest absolute Gasteiger partial charge is 0.435 e. The fourth-order valence-corrected chi connectivity index (χ4v) is 3.01. The fraction of sp³-hybridized carbons (Fsp3) is 0.100. The van der Waals surface area contributed by atoms with E-state index in [2.05, 4.69) is 20.7 Å². The molecule has 0 aliphatic rings. The van der Waals surface area contributed by atoms with E-state index in [0.29, 0.717) is 15.9 Å². The van der Waals surface area contributed by atoms with Gasteiger partial charge in [0.05, 0.1) is 11.4 Å². The van der Waals surface area contributed by atoms with Crippen LogP contribution in [0.5, 0.6) is 0 Å². The maximum atomic E-state index is 13.7. The highest BCUT2D eigenvalue weighted by Gasteiger charge is 2.42. The van der Waals surface area contributed by atoms with Crippen LogP contribution in [0.25, 0.3) is 11.4 Å². The first kappa shape index (κ1) is 20.3. The quantitative estimate of drug-likeness (QED) is 0.492. The van der Waals surface area contributed by atoms with Gasteiger partial charge in [-0.15, -0.1) is 5.10 Å². The van der Waals surface area contributed by atoms with Crippen molar-refractivity contribution in [2.45, 2.75) is 12.7 Å². The number of amides is 1. The molecule has 0 unspecified atom stereocenters. The molecule has 0 aliphatic carbocycles. The van der Waals surface area contributed by atoms with Crippen LogP contribution in [0.3, 0.4) is 0 Å². The minimum Gasteiger partial charge on any atom is -0.346 e. The van der Waals surface area contributed by atoms with Gasteiger partial charge in [-0.2, -0.15) is 18.3 Å². The monoisotopic (exact) mass is 430 g/mol. The Labute approximate surface area is 172 Å². The van der Waals surface area contributed by atoms with Gasteiger partial charge in [-0.25, -0.2) is 13.8 Å². The third-order valence-corrected chi connectivity index (χ3v) is 4.41. The lowest BCUT2D eigenvalue weighted by atomic mass is 10.1. The molecule has 0 saturated carbocycles. The van der Waals surface area contributed by atoms with Crippen LogP contribution < -0.4 is 5.32 Å². The van der Waals surface area contributed by atoms with E-state index >= 15 is 0 Å². The minimum absolute atomic E-state index is 0.0599.